The van der Waals surface area contributed by atoms with Crippen LogP contribution < -0.4 is 0 Å². The van der Waals surface area contributed by atoms with Crippen LogP contribution in [0.3, 0.4) is 0 Å². The van der Waals surface area contributed by atoms with E-state index in [1.807, 2.05) is 0 Å². The standard InChI is InChI=1S/C14H12F3N3O/c15-14(16,17)10-3-1-9(2-4-10)13(6-21-13)11-5-12(11)20-8-18-7-19-20/h1-4,7-8,11-12H,5-6H2. The van der Waals surface area contributed by atoms with Gasteiger partial charge in [0.15, 0.2) is 0 Å². The number of benzene rings is 1. The lowest BCUT2D eigenvalue weighted by Crippen LogP contribution is -2.15. The van der Waals surface area contributed by atoms with Crippen molar-refractivity contribution < 1.29 is 17.9 Å². The van der Waals surface area contributed by atoms with E-state index in [0.717, 1.165) is 24.1 Å². The predicted octanol–water partition coefficient (Wildman–Crippen LogP) is 2.78. The van der Waals surface area contributed by atoms with Crippen LogP contribution in [0.1, 0.15) is 23.6 Å². The Labute approximate surface area is 118 Å². The second kappa shape index (κ2) is 4.07. The molecule has 21 heavy (non-hydrogen) atoms. The lowest BCUT2D eigenvalue weighted by atomic mass is 9.93. The molecule has 2 fully saturated rings. The Kier molecular flexibility index (Phi) is 2.48. The molecule has 4 rings (SSSR count). The van der Waals surface area contributed by atoms with Gasteiger partial charge in [-0.05, 0) is 24.1 Å². The van der Waals surface area contributed by atoms with E-state index in [4.69, 9.17) is 4.74 Å². The molecule has 4 nitrogen and oxygen atoms in total. The van der Waals surface area contributed by atoms with Gasteiger partial charge >= 0.3 is 6.18 Å². The van der Waals surface area contributed by atoms with Gasteiger partial charge in [-0.15, -0.1) is 0 Å². The lowest BCUT2D eigenvalue weighted by molar-refractivity contribution is -0.137. The lowest BCUT2D eigenvalue weighted by Gasteiger charge is -2.14. The van der Waals surface area contributed by atoms with Gasteiger partial charge in [0.25, 0.3) is 0 Å². The van der Waals surface area contributed by atoms with E-state index in [-0.39, 0.29) is 12.0 Å². The van der Waals surface area contributed by atoms with Crippen LogP contribution in [-0.4, -0.2) is 21.4 Å². The summed E-state index contributed by atoms with van der Waals surface area (Å²) >= 11 is 0. The predicted molar refractivity (Wildman–Crippen MR) is 66.2 cm³/mol. The third-order valence-electron chi connectivity index (χ3n) is 4.29. The van der Waals surface area contributed by atoms with Crippen molar-refractivity contribution in [1.82, 2.24) is 14.8 Å². The molecular weight excluding hydrogens is 283 g/mol. The van der Waals surface area contributed by atoms with Crippen LogP contribution in [-0.2, 0) is 16.5 Å². The van der Waals surface area contributed by atoms with Gasteiger partial charge in [-0.1, -0.05) is 12.1 Å². The molecule has 0 radical (unpaired) electrons. The average Bonchev–Trinajstić information content (AvgIpc) is 3.36. The minimum atomic E-state index is -4.31. The van der Waals surface area contributed by atoms with E-state index >= 15 is 0 Å². The van der Waals surface area contributed by atoms with E-state index in [0.29, 0.717) is 6.61 Å². The van der Waals surface area contributed by atoms with E-state index in [1.54, 1.807) is 11.0 Å². The maximum atomic E-state index is 12.6. The van der Waals surface area contributed by atoms with Gasteiger partial charge in [0, 0.05) is 5.92 Å². The van der Waals surface area contributed by atoms with E-state index in [9.17, 15) is 13.2 Å². The molecule has 1 aromatic carbocycles. The highest BCUT2D eigenvalue weighted by Crippen LogP contribution is 2.61. The van der Waals surface area contributed by atoms with Crippen molar-refractivity contribution in [3.8, 4) is 0 Å². The monoisotopic (exact) mass is 295 g/mol. The SMILES string of the molecule is FC(F)(F)c1ccc(C2(C3CC3n3cncn3)CO2)cc1. The maximum absolute atomic E-state index is 12.6. The Morgan fingerprint density at radius 1 is 1.24 bits per heavy atom. The molecule has 0 spiro atoms. The van der Waals surface area contributed by atoms with Crippen LogP contribution in [0.15, 0.2) is 36.9 Å². The molecule has 0 N–H and O–H groups in total. The second-order valence-electron chi connectivity index (χ2n) is 5.54. The number of alkyl halides is 3. The number of nitrogens with zero attached hydrogens (tertiary/aromatic N) is 3. The highest BCUT2D eigenvalue weighted by Gasteiger charge is 2.63. The first-order valence-corrected chi connectivity index (χ1v) is 6.66. The molecule has 0 bridgehead atoms. The van der Waals surface area contributed by atoms with Gasteiger partial charge in [-0.3, -0.25) is 0 Å². The minimum Gasteiger partial charge on any atom is -0.364 e. The van der Waals surface area contributed by atoms with Crippen molar-refractivity contribution in [2.75, 3.05) is 6.61 Å². The molecule has 1 saturated carbocycles. The van der Waals surface area contributed by atoms with Crippen LogP contribution >= 0.6 is 0 Å². The molecule has 3 atom stereocenters. The first kappa shape index (κ1) is 12.8. The number of hydrogen-bond acceptors (Lipinski definition) is 3. The Morgan fingerprint density at radius 2 is 1.95 bits per heavy atom. The molecule has 2 aromatic rings. The molecule has 1 saturated heterocycles. The Balaban J connectivity index is 1.57. The van der Waals surface area contributed by atoms with Crippen molar-refractivity contribution >= 4 is 0 Å². The number of ether oxygens (including phenoxy) is 1. The summed E-state index contributed by atoms with van der Waals surface area (Å²) in [5.74, 6) is 0.246. The van der Waals surface area contributed by atoms with Gasteiger partial charge in [-0.25, -0.2) is 9.67 Å². The van der Waals surface area contributed by atoms with Crippen LogP contribution in [0.25, 0.3) is 0 Å². The summed E-state index contributed by atoms with van der Waals surface area (Å²) in [4.78, 5) is 3.92. The van der Waals surface area contributed by atoms with Crippen molar-refractivity contribution in [3.63, 3.8) is 0 Å². The Hall–Kier alpha value is -1.89. The summed E-state index contributed by atoms with van der Waals surface area (Å²) < 4.78 is 45.2. The van der Waals surface area contributed by atoms with Crippen molar-refractivity contribution in [1.29, 1.82) is 0 Å². The summed E-state index contributed by atoms with van der Waals surface area (Å²) in [5.41, 5.74) is -0.269. The molecule has 0 amide bonds. The number of halogens is 3. The third-order valence-corrected chi connectivity index (χ3v) is 4.29. The van der Waals surface area contributed by atoms with Gasteiger partial charge in [0.05, 0.1) is 18.2 Å². The van der Waals surface area contributed by atoms with Gasteiger partial charge in [0.2, 0.25) is 0 Å². The topological polar surface area (TPSA) is 43.2 Å². The average molecular weight is 295 g/mol. The number of rotatable bonds is 3. The van der Waals surface area contributed by atoms with Crippen LogP contribution in [0.5, 0.6) is 0 Å². The fourth-order valence-corrected chi connectivity index (χ4v) is 2.98. The van der Waals surface area contributed by atoms with Crippen molar-refractivity contribution in [2.24, 2.45) is 5.92 Å². The highest BCUT2D eigenvalue weighted by atomic mass is 19.4. The highest BCUT2D eigenvalue weighted by molar-refractivity contribution is 5.34. The van der Waals surface area contributed by atoms with E-state index in [1.165, 1.54) is 18.5 Å². The summed E-state index contributed by atoms with van der Waals surface area (Å²) in [6, 6.07) is 5.49. The molecule has 1 aliphatic carbocycles. The first-order valence-electron chi connectivity index (χ1n) is 6.66. The summed E-state index contributed by atoms with van der Waals surface area (Å²) in [6.45, 7) is 0.550. The molecule has 110 valence electrons. The minimum absolute atomic E-state index is 0.220. The van der Waals surface area contributed by atoms with Gasteiger partial charge in [0.1, 0.15) is 18.3 Å². The second-order valence-corrected chi connectivity index (χ2v) is 5.54. The van der Waals surface area contributed by atoms with Crippen molar-refractivity contribution in [2.45, 2.75) is 24.2 Å². The zero-order valence-corrected chi connectivity index (χ0v) is 10.9. The largest absolute Gasteiger partial charge is 0.416 e. The zero-order chi connectivity index (χ0) is 14.7. The molecule has 2 aliphatic rings. The Bertz CT molecular complexity index is 647. The van der Waals surface area contributed by atoms with Gasteiger partial charge in [-0.2, -0.15) is 18.3 Å². The molecule has 1 aliphatic heterocycles. The summed E-state index contributed by atoms with van der Waals surface area (Å²) in [6.07, 6.45) is -0.259. The number of aromatic nitrogens is 3. The summed E-state index contributed by atoms with van der Waals surface area (Å²) in [7, 11) is 0. The first-order chi connectivity index (χ1) is 10.0. The normalized spacial score (nSPS) is 31.2. The quantitative estimate of drug-likeness (QED) is 0.818. The molecule has 7 heteroatoms. The van der Waals surface area contributed by atoms with Gasteiger partial charge < -0.3 is 4.74 Å². The van der Waals surface area contributed by atoms with Crippen LogP contribution in [0.2, 0.25) is 0 Å². The van der Waals surface area contributed by atoms with E-state index < -0.39 is 17.3 Å². The zero-order valence-electron chi connectivity index (χ0n) is 10.9. The Morgan fingerprint density at radius 3 is 2.48 bits per heavy atom. The van der Waals surface area contributed by atoms with Crippen molar-refractivity contribution in [3.05, 3.63) is 48.0 Å². The van der Waals surface area contributed by atoms with E-state index in [2.05, 4.69) is 10.1 Å². The third kappa shape index (κ3) is 2.03. The maximum Gasteiger partial charge on any atom is 0.416 e. The fraction of sp³-hybridized carbons (Fsp3) is 0.429. The fourth-order valence-electron chi connectivity index (χ4n) is 2.98. The number of hydrogen-bond donors (Lipinski definition) is 0. The molecule has 3 unspecified atom stereocenters. The molecular formula is C14H12F3N3O. The molecule has 1 aromatic heterocycles. The number of epoxide rings is 1. The molecule has 2 heterocycles. The summed E-state index contributed by atoms with van der Waals surface area (Å²) in [5, 5.41) is 4.11. The van der Waals surface area contributed by atoms with Crippen LogP contribution in [0.4, 0.5) is 13.2 Å². The van der Waals surface area contributed by atoms with Crippen LogP contribution in [0, 0.1) is 5.92 Å². The smallest absolute Gasteiger partial charge is 0.364 e.